The van der Waals surface area contributed by atoms with Crippen molar-refractivity contribution in [1.29, 1.82) is 0 Å². The molecule has 0 rings (SSSR count). The highest BCUT2D eigenvalue weighted by atomic mass is 31.2. The average molecular weight is 1480 g/mol. The molecule has 3 N–H and O–H groups in total. The number of ether oxygens (including phenoxy) is 4. The molecule has 3 unspecified atom stereocenters. The van der Waals surface area contributed by atoms with Crippen LogP contribution in [0.25, 0.3) is 0 Å². The summed E-state index contributed by atoms with van der Waals surface area (Å²) in [7, 11) is -9.97. The fraction of sp³-hybridized carbons (Fsp3) is 0.759. The molecule has 0 radical (unpaired) electrons. The van der Waals surface area contributed by atoms with Crippen molar-refractivity contribution in [2.75, 3.05) is 39.6 Å². The van der Waals surface area contributed by atoms with E-state index in [1.165, 1.54) is 77.0 Å². The van der Waals surface area contributed by atoms with Crippen LogP contribution in [-0.4, -0.2) is 96.7 Å². The molecule has 0 spiro atoms. The number of rotatable bonds is 76. The summed E-state index contributed by atoms with van der Waals surface area (Å²) >= 11 is 0. The largest absolute Gasteiger partial charge is 0.472 e. The van der Waals surface area contributed by atoms with Gasteiger partial charge in [0.2, 0.25) is 0 Å². The Labute approximate surface area is 620 Å². The zero-order valence-corrected chi connectivity index (χ0v) is 66.3. The number of esters is 4. The number of aliphatic hydroxyl groups is 1. The summed E-state index contributed by atoms with van der Waals surface area (Å²) in [5, 5.41) is 10.6. The van der Waals surface area contributed by atoms with E-state index in [1.807, 2.05) is 0 Å². The maximum Gasteiger partial charge on any atom is 0.472 e. The minimum atomic E-state index is -4.98. The summed E-state index contributed by atoms with van der Waals surface area (Å²) in [6.45, 7) is 4.76. The van der Waals surface area contributed by atoms with Gasteiger partial charge in [-0.1, -0.05) is 266 Å². The number of hydrogen-bond donors (Lipinski definition) is 3. The van der Waals surface area contributed by atoms with Crippen LogP contribution in [0.2, 0.25) is 0 Å². The van der Waals surface area contributed by atoms with E-state index in [0.29, 0.717) is 25.7 Å². The smallest absolute Gasteiger partial charge is 0.462 e. The van der Waals surface area contributed by atoms with Gasteiger partial charge in [0.1, 0.15) is 19.3 Å². The normalized spacial score (nSPS) is 14.4. The third-order valence-electron chi connectivity index (χ3n) is 17.0. The van der Waals surface area contributed by atoms with Gasteiger partial charge in [-0.05, 0) is 154 Å². The molecule has 0 aromatic heterocycles. The Bertz CT molecular complexity index is 2310. The highest BCUT2D eigenvalue weighted by Gasteiger charge is 2.30. The monoisotopic (exact) mass is 1480 g/mol. The van der Waals surface area contributed by atoms with Crippen LogP contribution in [0.1, 0.15) is 349 Å². The Kier molecular flexibility index (Phi) is 72.3. The van der Waals surface area contributed by atoms with Crippen LogP contribution in [-0.2, 0) is 65.4 Å². The van der Waals surface area contributed by atoms with Crippen molar-refractivity contribution < 1.29 is 80.2 Å². The Hall–Kier alpha value is -4.02. The molecule has 0 saturated carbocycles. The second-order valence-corrected chi connectivity index (χ2v) is 29.9. The maximum atomic E-state index is 13.1. The van der Waals surface area contributed by atoms with E-state index >= 15 is 0 Å². The zero-order chi connectivity index (χ0) is 74.6. The topological polar surface area (TPSA) is 237 Å². The van der Waals surface area contributed by atoms with Crippen LogP contribution in [0, 0.1) is 0 Å². The molecule has 17 nitrogen and oxygen atoms in total. The van der Waals surface area contributed by atoms with E-state index in [-0.39, 0.29) is 25.7 Å². The first-order valence-corrected chi connectivity index (χ1v) is 43.5. The second kappa shape index (κ2) is 75.2. The highest BCUT2D eigenvalue weighted by molar-refractivity contribution is 7.47. The molecule has 0 bridgehead atoms. The predicted molar refractivity (Wildman–Crippen MR) is 418 cm³/mol. The van der Waals surface area contributed by atoms with E-state index in [1.54, 1.807) is 0 Å². The first kappa shape index (κ1) is 98.0. The molecule has 590 valence electrons. The number of phosphoric acid groups is 2. The molecule has 19 heteroatoms. The van der Waals surface area contributed by atoms with Gasteiger partial charge >= 0.3 is 39.5 Å². The van der Waals surface area contributed by atoms with Crippen molar-refractivity contribution in [3.8, 4) is 0 Å². The van der Waals surface area contributed by atoms with Gasteiger partial charge in [-0.3, -0.25) is 37.3 Å². The van der Waals surface area contributed by atoms with Crippen molar-refractivity contribution in [3.63, 3.8) is 0 Å². The summed E-state index contributed by atoms with van der Waals surface area (Å²) < 4.78 is 68.6. The van der Waals surface area contributed by atoms with Gasteiger partial charge in [-0.25, -0.2) is 9.13 Å². The molecule has 0 aliphatic heterocycles. The maximum absolute atomic E-state index is 13.1. The van der Waals surface area contributed by atoms with Crippen molar-refractivity contribution in [3.05, 3.63) is 97.2 Å². The highest BCUT2D eigenvalue weighted by Crippen LogP contribution is 2.45. The average Bonchev–Trinajstić information content (AvgIpc) is 0.923. The summed E-state index contributed by atoms with van der Waals surface area (Å²) in [5.41, 5.74) is 0. The summed E-state index contributed by atoms with van der Waals surface area (Å²) in [5.74, 6) is -2.21. The fourth-order valence-electron chi connectivity index (χ4n) is 10.8. The number of hydrogen-bond acceptors (Lipinski definition) is 15. The van der Waals surface area contributed by atoms with E-state index in [9.17, 15) is 43.2 Å². The standard InChI is InChI=1S/C83H146O17P2/c1-5-9-13-17-21-25-29-33-37-38-42-44-48-52-56-60-64-68-81(86)94-74-79(100-83(88)70-66-62-58-54-50-46-41-36-32-28-24-20-16-12-8-4)76-98-102(91,92)96-72-77(84)71-95-101(89,90)97-75-78(99-82(87)69-65-61-57-53-49-45-40-35-31-27-23-19-15-11-7-3)73-93-80(85)67-63-59-55-51-47-43-39-34-30-26-22-18-14-10-6-2/h21-28,33-37,39-41,77-79,84H,5-20,29-32,38,42-76H2,1-4H3,(H,89,90)(H,91,92)/t77?,78-,79-/m1/s1. The van der Waals surface area contributed by atoms with E-state index in [4.69, 9.17) is 37.0 Å². The number of carbonyl (C=O) groups excluding carboxylic acids is 4. The van der Waals surface area contributed by atoms with Crippen LogP contribution in [0.3, 0.4) is 0 Å². The Morgan fingerprint density at radius 3 is 0.725 bits per heavy atom. The molecule has 0 aliphatic carbocycles. The van der Waals surface area contributed by atoms with Gasteiger partial charge in [-0.15, -0.1) is 0 Å². The molecular weight excluding hydrogens is 1330 g/mol. The van der Waals surface area contributed by atoms with E-state index < -0.39 is 97.5 Å². The molecule has 102 heavy (non-hydrogen) atoms. The molecule has 0 aliphatic rings. The van der Waals surface area contributed by atoms with Crippen LogP contribution in [0.15, 0.2) is 97.2 Å². The minimum Gasteiger partial charge on any atom is -0.462 e. The predicted octanol–water partition coefficient (Wildman–Crippen LogP) is 23.6. The number of aliphatic hydroxyl groups excluding tert-OH is 1. The molecule has 0 fully saturated rings. The van der Waals surface area contributed by atoms with E-state index in [0.717, 1.165) is 193 Å². The van der Waals surface area contributed by atoms with Gasteiger partial charge in [0.05, 0.1) is 26.4 Å². The van der Waals surface area contributed by atoms with Gasteiger partial charge in [0.15, 0.2) is 12.2 Å². The third-order valence-corrected chi connectivity index (χ3v) is 18.9. The molecule has 5 atom stereocenters. The van der Waals surface area contributed by atoms with Crippen LogP contribution >= 0.6 is 15.6 Å². The first-order valence-electron chi connectivity index (χ1n) is 40.5. The fourth-order valence-corrected chi connectivity index (χ4v) is 12.3. The van der Waals surface area contributed by atoms with Gasteiger partial charge in [0, 0.05) is 25.7 Å². The lowest BCUT2D eigenvalue weighted by atomic mass is 10.1. The van der Waals surface area contributed by atoms with Crippen LogP contribution in [0.4, 0.5) is 0 Å². The molecule has 0 aromatic carbocycles. The van der Waals surface area contributed by atoms with Crippen LogP contribution in [0.5, 0.6) is 0 Å². The van der Waals surface area contributed by atoms with Gasteiger partial charge < -0.3 is 33.8 Å². The van der Waals surface area contributed by atoms with Crippen molar-refractivity contribution >= 4 is 39.5 Å². The summed E-state index contributed by atoms with van der Waals surface area (Å²) in [6, 6.07) is 0. The van der Waals surface area contributed by atoms with E-state index in [2.05, 4.69) is 125 Å². The second-order valence-electron chi connectivity index (χ2n) is 27.0. The zero-order valence-electron chi connectivity index (χ0n) is 64.5. The van der Waals surface area contributed by atoms with Crippen molar-refractivity contribution in [1.82, 2.24) is 0 Å². The Morgan fingerprint density at radius 1 is 0.275 bits per heavy atom. The number of phosphoric ester groups is 2. The number of allylic oxidation sites excluding steroid dienone is 16. The van der Waals surface area contributed by atoms with Crippen LogP contribution < -0.4 is 0 Å². The summed E-state index contributed by atoms with van der Waals surface area (Å²) in [4.78, 5) is 73.0. The lowest BCUT2D eigenvalue weighted by Gasteiger charge is -2.21. The molecule has 0 aromatic rings. The SMILES string of the molecule is CCCCCC=CCC=CCCCCCCCCCC(=O)OC[C@H](COP(=O)(O)OCC(O)COP(=O)(O)OC[C@@H](COC(=O)CCCCCCCC=CCC=CCCCCC)OC(=O)CCCCCCCC=CCC=CCCCCC)OC(=O)CCCCCCCC=CCC=CCCCCC. The Balaban J connectivity index is 5.39. The molecule has 0 amide bonds. The van der Waals surface area contributed by atoms with Gasteiger partial charge in [-0.2, -0.15) is 0 Å². The lowest BCUT2D eigenvalue weighted by molar-refractivity contribution is -0.161. The minimum absolute atomic E-state index is 0.0760. The molecule has 0 saturated heterocycles. The van der Waals surface area contributed by atoms with Crippen molar-refractivity contribution in [2.45, 2.75) is 367 Å². The van der Waals surface area contributed by atoms with Crippen molar-refractivity contribution in [2.24, 2.45) is 0 Å². The lowest BCUT2D eigenvalue weighted by Crippen LogP contribution is -2.30. The number of unbranched alkanes of at least 4 members (excludes halogenated alkanes) is 34. The molecule has 0 heterocycles. The van der Waals surface area contributed by atoms with Gasteiger partial charge in [0.25, 0.3) is 0 Å². The third kappa shape index (κ3) is 74.3. The summed E-state index contributed by atoms with van der Waals surface area (Å²) in [6.07, 6.45) is 79.4. The molecular formula is C83H146O17P2. The quantitative estimate of drug-likeness (QED) is 0.0169. The Morgan fingerprint density at radius 2 is 0.480 bits per heavy atom. The first-order chi connectivity index (χ1) is 49.7. The number of carbonyl (C=O) groups is 4.